The molecule has 0 fully saturated rings. The normalized spacial score (nSPS) is 36.5. The van der Waals surface area contributed by atoms with Gasteiger partial charge in [-0.1, -0.05) is 81.4 Å². The number of hydrogen-bond acceptors (Lipinski definition) is 0. The van der Waals surface area contributed by atoms with Gasteiger partial charge in [0.2, 0.25) is 0 Å². The molecule has 3 heterocycles. The van der Waals surface area contributed by atoms with Crippen LogP contribution in [0.1, 0.15) is 57.2 Å². The molecule has 2 atom stereocenters. The Kier molecular flexibility index (Phi) is 3.11. The summed E-state index contributed by atoms with van der Waals surface area (Å²) in [7, 11) is -2.47. The van der Waals surface area contributed by atoms with Crippen LogP contribution in [-0.4, -0.2) is 16.1 Å². The molecule has 0 saturated carbocycles. The van der Waals surface area contributed by atoms with E-state index in [1.165, 1.54) is 24.9 Å². The van der Waals surface area contributed by atoms with Crippen molar-refractivity contribution in [1.82, 2.24) is 0 Å². The van der Waals surface area contributed by atoms with Crippen LogP contribution in [0.25, 0.3) is 0 Å². The maximum atomic E-state index is 2.73. The van der Waals surface area contributed by atoms with Gasteiger partial charge in [0, 0.05) is 0 Å². The van der Waals surface area contributed by atoms with Crippen molar-refractivity contribution >= 4 is 26.5 Å². The van der Waals surface area contributed by atoms with Gasteiger partial charge in [0.1, 0.15) is 0 Å². The largest absolute Gasteiger partial charge is 0.0837 e. The van der Waals surface area contributed by atoms with E-state index in [-0.39, 0.29) is 0 Å². The summed E-state index contributed by atoms with van der Waals surface area (Å²) in [5.74, 6) is 0. The highest BCUT2D eigenvalue weighted by Crippen LogP contribution is 2.48. The highest BCUT2D eigenvalue weighted by Gasteiger charge is 2.54. The first-order chi connectivity index (χ1) is 10.5. The van der Waals surface area contributed by atoms with Crippen LogP contribution < -0.4 is 10.4 Å². The van der Waals surface area contributed by atoms with E-state index in [1.807, 2.05) is 15.9 Å². The molecule has 0 nitrogen and oxygen atoms in total. The summed E-state index contributed by atoms with van der Waals surface area (Å²) >= 11 is 0. The van der Waals surface area contributed by atoms with E-state index < -0.39 is 16.1 Å². The van der Waals surface area contributed by atoms with Crippen molar-refractivity contribution in [3.63, 3.8) is 0 Å². The van der Waals surface area contributed by atoms with Crippen molar-refractivity contribution in [2.45, 2.75) is 95.6 Å². The van der Waals surface area contributed by atoms with Crippen LogP contribution in [0.15, 0.2) is 6.07 Å². The lowest BCUT2D eigenvalue weighted by Crippen LogP contribution is -2.72. The Hall–Kier alpha value is -0.346. The van der Waals surface area contributed by atoms with Crippen LogP contribution in [-0.2, 0) is 10.8 Å². The Morgan fingerprint density at radius 1 is 0.783 bits per heavy atom. The molecule has 2 unspecified atom stereocenters. The molecule has 0 aliphatic carbocycles. The van der Waals surface area contributed by atoms with Crippen LogP contribution in [0, 0.1) is 6.92 Å². The van der Waals surface area contributed by atoms with E-state index in [4.69, 9.17) is 0 Å². The minimum Gasteiger partial charge on any atom is -0.0652 e. The Labute approximate surface area is 145 Å². The number of rotatable bonds is 0. The van der Waals surface area contributed by atoms with Gasteiger partial charge >= 0.3 is 0 Å². The average molecular weight is 343 g/mol. The van der Waals surface area contributed by atoms with Gasteiger partial charge in [0.05, 0.1) is 16.1 Å². The van der Waals surface area contributed by atoms with E-state index in [0.717, 1.165) is 0 Å². The molecule has 23 heavy (non-hydrogen) atoms. The fourth-order valence-corrected chi connectivity index (χ4v) is 19.9. The van der Waals surface area contributed by atoms with E-state index >= 15 is 0 Å². The molecule has 126 valence electrons. The Morgan fingerprint density at radius 2 is 1.30 bits per heavy atom. The van der Waals surface area contributed by atoms with Crippen LogP contribution in [0.5, 0.6) is 0 Å². The third-order valence-electron chi connectivity index (χ3n) is 7.97. The van der Waals surface area contributed by atoms with Gasteiger partial charge < -0.3 is 0 Å². The predicted octanol–water partition coefficient (Wildman–Crippen LogP) is 4.94. The minimum absolute atomic E-state index is 0.398. The zero-order valence-electron chi connectivity index (χ0n) is 16.3. The third kappa shape index (κ3) is 2.00. The van der Waals surface area contributed by atoms with Gasteiger partial charge in [-0.05, 0) is 47.3 Å². The number of hydrogen-bond donors (Lipinski definition) is 0. The summed E-state index contributed by atoms with van der Waals surface area (Å²) < 4.78 is 0. The lowest BCUT2D eigenvalue weighted by molar-refractivity contribution is 0.483. The Morgan fingerprint density at radius 3 is 1.91 bits per heavy atom. The van der Waals surface area contributed by atoms with Crippen LogP contribution in [0.3, 0.4) is 0 Å². The quantitative estimate of drug-likeness (QED) is 0.586. The van der Waals surface area contributed by atoms with Gasteiger partial charge in [-0.3, -0.25) is 0 Å². The first-order valence-electron chi connectivity index (χ1n) is 9.70. The average Bonchev–Trinajstić information content (AvgIpc) is 2.45. The lowest BCUT2D eigenvalue weighted by atomic mass is 9.75. The standard InChI is InChI=1S/C21H34Si2/c1-15-14-16-18-19-17(15)21(4,5)9-11-23(19,7)13-12-22(18,6)10-8-20(16,2)3/h14H,8-13H2,1-7H3. The summed E-state index contributed by atoms with van der Waals surface area (Å²) in [4.78, 5) is 0. The van der Waals surface area contributed by atoms with Crippen molar-refractivity contribution in [3.8, 4) is 0 Å². The van der Waals surface area contributed by atoms with E-state index in [9.17, 15) is 0 Å². The first-order valence-corrected chi connectivity index (χ1v) is 15.5. The Bertz CT molecular complexity index is 700. The molecule has 0 radical (unpaired) electrons. The second-order valence-electron chi connectivity index (χ2n) is 10.8. The molecule has 3 aliphatic heterocycles. The molecule has 0 N–H and O–H groups in total. The first kappa shape index (κ1) is 16.1. The molecular formula is C21H34Si2. The van der Waals surface area contributed by atoms with E-state index in [1.54, 1.807) is 23.2 Å². The van der Waals surface area contributed by atoms with Crippen molar-refractivity contribution in [1.29, 1.82) is 0 Å². The minimum atomic E-state index is -1.24. The zero-order chi connectivity index (χ0) is 16.8. The molecular weight excluding hydrogens is 308 g/mol. The van der Waals surface area contributed by atoms with Gasteiger partial charge in [-0.2, -0.15) is 0 Å². The predicted molar refractivity (Wildman–Crippen MR) is 108 cm³/mol. The molecule has 0 spiro atoms. The summed E-state index contributed by atoms with van der Waals surface area (Å²) in [6.07, 6.45) is 2.84. The summed E-state index contributed by atoms with van der Waals surface area (Å²) in [6, 6.07) is 8.90. The molecule has 2 heteroatoms. The smallest absolute Gasteiger partial charge is 0.0652 e. The highest BCUT2D eigenvalue weighted by molar-refractivity contribution is 7.05. The van der Waals surface area contributed by atoms with Crippen LogP contribution in [0.2, 0.25) is 37.3 Å². The second-order valence-corrected chi connectivity index (χ2v) is 20.0. The van der Waals surface area contributed by atoms with Crippen LogP contribution >= 0.6 is 0 Å². The fourth-order valence-electron chi connectivity index (χ4n) is 6.19. The number of aryl methyl sites for hydroxylation is 1. The molecule has 0 aromatic heterocycles. The lowest BCUT2D eigenvalue weighted by Gasteiger charge is -2.55. The highest BCUT2D eigenvalue weighted by atomic mass is 28.3. The van der Waals surface area contributed by atoms with Gasteiger partial charge in [0.25, 0.3) is 0 Å². The monoisotopic (exact) mass is 342 g/mol. The second kappa shape index (κ2) is 4.43. The zero-order valence-corrected chi connectivity index (χ0v) is 18.3. The maximum absolute atomic E-state index is 2.73. The third-order valence-corrected chi connectivity index (χ3v) is 17.6. The SMILES string of the molecule is Cc1cc2c3c4c1C(C)(C)CC[Si]4(C)CC[Si]3(C)CCC2(C)C. The molecule has 4 rings (SSSR count). The van der Waals surface area contributed by atoms with Gasteiger partial charge in [-0.15, -0.1) is 0 Å². The summed E-state index contributed by atoms with van der Waals surface area (Å²) in [6.45, 7) is 18.0. The van der Waals surface area contributed by atoms with Crippen molar-refractivity contribution in [2.75, 3.05) is 0 Å². The topological polar surface area (TPSA) is 0 Å². The van der Waals surface area contributed by atoms with E-state index in [2.05, 4.69) is 53.8 Å². The summed E-state index contributed by atoms with van der Waals surface area (Å²) in [5.41, 5.74) is 6.01. The molecule has 0 saturated heterocycles. The molecule has 1 aromatic carbocycles. The molecule has 3 aliphatic rings. The van der Waals surface area contributed by atoms with Crippen molar-refractivity contribution < 1.29 is 0 Å². The van der Waals surface area contributed by atoms with Gasteiger partial charge in [-0.25, -0.2) is 0 Å². The molecule has 0 bridgehead atoms. The van der Waals surface area contributed by atoms with Crippen LogP contribution in [0.4, 0.5) is 0 Å². The summed E-state index contributed by atoms with van der Waals surface area (Å²) in [5, 5.41) is 3.99. The van der Waals surface area contributed by atoms with Crippen molar-refractivity contribution in [2.24, 2.45) is 0 Å². The van der Waals surface area contributed by atoms with Gasteiger partial charge in [0.15, 0.2) is 0 Å². The van der Waals surface area contributed by atoms with E-state index in [0.29, 0.717) is 10.8 Å². The van der Waals surface area contributed by atoms with Crippen molar-refractivity contribution in [3.05, 3.63) is 22.8 Å². The molecule has 1 aromatic rings. The Balaban J connectivity index is 2.16. The number of benzene rings is 1. The fraction of sp³-hybridized carbons (Fsp3) is 0.714. The maximum Gasteiger partial charge on any atom is 0.0837 e. The molecule has 0 amide bonds.